The van der Waals surface area contributed by atoms with Crippen molar-refractivity contribution in [2.45, 2.75) is 19.8 Å². The highest BCUT2D eigenvalue weighted by Crippen LogP contribution is 2.31. The van der Waals surface area contributed by atoms with Crippen molar-refractivity contribution in [1.29, 1.82) is 0 Å². The van der Waals surface area contributed by atoms with Crippen LogP contribution in [0.25, 0.3) is 0 Å². The van der Waals surface area contributed by atoms with E-state index in [-0.39, 0.29) is 11.2 Å². The number of nitrogens with zero attached hydrogens (tertiary/aromatic N) is 2. The van der Waals surface area contributed by atoms with Gasteiger partial charge in [-0.05, 0) is 25.7 Å². The van der Waals surface area contributed by atoms with Gasteiger partial charge in [0, 0.05) is 13.1 Å². The minimum atomic E-state index is -0.255. The SMILES string of the molecule is CCN(CC1CC1)c1nc[nH]c(=O)c1N. The normalized spacial score (nSPS) is 15.3. The molecule has 82 valence electrons. The van der Waals surface area contributed by atoms with Crippen molar-refractivity contribution in [3.05, 3.63) is 16.7 Å². The van der Waals surface area contributed by atoms with Gasteiger partial charge in [-0.1, -0.05) is 0 Å². The summed E-state index contributed by atoms with van der Waals surface area (Å²) in [5, 5.41) is 0. The molecule has 0 radical (unpaired) electrons. The summed E-state index contributed by atoms with van der Waals surface area (Å²) < 4.78 is 0. The van der Waals surface area contributed by atoms with Crippen molar-refractivity contribution >= 4 is 11.5 Å². The second-order valence-corrected chi connectivity index (χ2v) is 3.95. The molecule has 1 fully saturated rings. The lowest BCUT2D eigenvalue weighted by molar-refractivity contribution is 0.731. The fourth-order valence-electron chi connectivity index (χ4n) is 1.63. The molecule has 1 aliphatic rings. The number of hydrogen-bond acceptors (Lipinski definition) is 4. The summed E-state index contributed by atoms with van der Waals surface area (Å²) in [5.41, 5.74) is 5.67. The fourth-order valence-corrected chi connectivity index (χ4v) is 1.63. The standard InChI is InChI=1S/C10H16N4O/c1-2-14(5-7-3-4-7)9-8(11)10(15)13-6-12-9/h6-7H,2-5,11H2,1H3,(H,12,13,15). The molecule has 0 amide bonds. The summed E-state index contributed by atoms with van der Waals surface area (Å²) >= 11 is 0. The molecule has 1 heterocycles. The quantitative estimate of drug-likeness (QED) is 0.759. The topological polar surface area (TPSA) is 75.0 Å². The van der Waals surface area contributed by atoms with Crippen LogP contribution in [0.2, 0.25) is 0 Å². The first kappa shape index (κ1) is 10.0. The molecule has 1 saturated carbocycles. The summed E-state index contributed by atoms with van der Waals surface area (Å²) in [7, 11) is 0. The molecule has 0 bridgehead atoms. The highest BCUT2D eigenvalue weighted by atomic mass is 16.1. The van der Waals surface area contributed by atoms with Crippen LogP contribution in [-0.2, 0) is 0 Å². The van der Waals surface area contributed by atoms with Gasteiger partial charge in [-0.15, -0.1) is 0 Å². The van der Waals surface area contributed by atoms with E-state index in [1.54, 1.807) is 0 Å². The van der Waals surface area contributed by atoms with Gasteiger partial charge in [0.15, 0.2) is 5.82 Å². The van der Waals surface area contributed by atoms with E-state index in [1.165, 1.54) is 19.2 Å². The first-order valence-corrected chi connectivity index (χ1v) is 5.30. The number of nitrogens with one attached hydrogen (secondary N) is 1. The average Bonchev–Trinajstić information content (AvgIpc) is 3.03. The number of aromatic nitrogens is 2. The van der Waals surface area contributed by atoms with Crippen molar-refractivity contribution in [2.75, 3.05) is 23.7 Å². The first-order valence-electron chi connectivity index (χ1n) is 5.30. The lowest BCUT2D eigenvalue weighted by Gasteiger charge is -2.22. The maximum Gasteiger partial charge on any atom is 0.276 e. The summed E-state index contributed by atoms with van der Waals surface area (Å²) in [6.45, 7) is 3.83. The molecular formula is C10H16N4O. The number of H-pyrrole nitrogens is 1. The predicted octanol–water partition coefficient (Wildman–Crippen LogP) is 0.588. The molecule has 5 nitrogen and oxygen atoms in total. The predicted molar refractivity (Wildman–Crippen MR) is 59.9 cm³/mol. The Morgan fingerprint density at radius 1 is 1.67 bits per heavy atom. The smallest absolute Gasteiger partial charge is 0.276 e. The van der Waals surface area contributed by atoms with Crippen molar-refractivity contribution in [3.8, 4) is 0 Å². The van der Waals surface area contributed by atoms with Gasteiger partial charge in [0.25, 0.3) is 5.56 Å². The maximum absolute atomic E-state index is 11.3. The van der Waals surface area contributed by atoms with E-state index in [9.17, 15) is 4.79 Å². The zero-order valence-corrected chi connectivity index (χ0v) is 8.86. The largest absolute Gasteiger partial charge is 0.391 e. The van der Waals surface area contributed by atoms with Crippen LogP contribution >= 0.6 is 0 Å². The van der Waals surface area contributed by atoms with E-state index in [2.05, 4.69) is 14.9 Å². The lowest BCUT2D eigenvalue weighted by Crippen LogP contribution is -2.29. The minimum absolute atomic E-state index is 0.222. The second kappa shape index (κ2) is 3.92. The van der Waals surface area contributed by atoms with Crippen LogP contribution in [0.4, 0.5) is 11.5 Å². The molecule has 0 atom stereocenters. The Labute approximate surface area is 88.3 Å². The van der Waals surface area contributed by atoms with Gasteiger partial charge in [-0.3, -0.25) is 4.79 Å². The molecular weight excluding hydrogens is 192 g/mol. The number of anilines is 2. The Morgan fingerprint density at radius 2 is 2.40 bits per heavy atom. The summed E-state index contributed by atoms with van der Waals surface area (Å²) in [6, 6.07) is 0. The van der Waals surface area contributed by atoms with Crippen LogP contribution in [0.3, 0.4) is 0 Å². The molecule has 0 saturated heterocycles. The third-order valence-corrected chi connectivity index (χ3v) is 2.72. The molecule has 15 heavy (non-hydrogen) atoms. The van der Waals surface area contributed by atoms with Crippen LogP contribution < -0.4 is 16.2 Å². The Bertz CT molecular complexity index is 397. The van der Waals surface area contributed by atoms with Crippen LogP contribution in [0.5, 0.6) is 0 Å². The molecule has 5 heteroatoms. The second-order valence-electron chi connectivity index (χ2n) is 3.95. The minimum Gasteiger partial charge on any atom is -0.391 e. The summed E-state index contributed by atoms with van der Waals surface area (Å²) in [6.07, 6.45) is 3.96. The van der Waals surface area contributed by atoms with Gasteiger partial charge in [0.1, 0.15) is 5.69 Å². The van der Waals surface area contributed by atoms with Crippen LogP contribution in [0, 0.1) is 5.92 Å². The maximum atomic E-state index is 11.3. The highest BCUT2D eigenvalue weighted by molar-refractivity contribution is 5.60. The van der Waals surface area contributed by atoms with E-state index in [0.29, 0.717) is 5.82 Å². The lowest BCUT2D eigenvalue weighted by atomic mass is 10.3. The van der Waals surface area contributed by atoms with Crippen molar-refractivity contribution in [2.24, 2.45) is 5.92 Å². The van der Waals surface area contributed by atoms with Gasteiger partial charge in [0.2, 0.25) is 0 Å². The van der Waals surface area contributed by atoms with Crippen molar-refractivity contribution < 1.29 is 0 Å². The zero-order chi connectivity index (χ0) is 10.8. The molecule has 1 aromatic heterocycles. The summed E-state index contributed by atoms with van der Waals surface area (Å²) in [4.78, 5) is 20.0. The third-order valence-electron chi connectivity index (χ3n) is 2.72. The van der Waals surface area contributed by atoms with E-state index >= 15 is 0 Å². The molecule has 0 spiro atoms. The Morgan fingerprint density at radius 3 is 3.00 bits per heavy atom. The van der Waals surface area contributed by atoms with Crippen LogP contribution in [0.1, 0.15) is 19.8 Å². The number of aromatic amines is 1. The molecule has 3 N–H and O–H groups in total. The fraction of sp³-hybridized carbons (Fsp3) is 0.600. The molecule has 0 aromatic carbocycles. The number of hydrogen-bond donors (Lipinski definition) is 2. The molecule has 1 aliphatic carbocycles. The monoisotopic (exact) mass is 208 g/mol. The number of nitrogens with two attached hydrogens (primary N) is 1. The molecule has 0 unspecified atom stereocenters. The van der Waals surface area contributed by atoms with Crippen LogP contribution in [0.15, 0.2) is 11.1 Å². The van der Waals surface area contributed by atoms with Gasteiger partial charge in [-0.2, -0.15) is 0 Å². The zero-order valence-electron chi connectivity index (χ0n) is 8.86. The molecule has 0 aliphatic heterocycles. The van der Waals surface area contributed by atoms with Gasteiger partial charge >= 0.3 is 0 Å². The summed E-state index contributed by atoms with van der Waals surface area (Å²) in [5.74, 6) is 1.37. The van der Waals surface area contributed by atoms with E-state index in [1.807, 2.05) is 6.92 Å². The Kier molecular flexibility index (Phi) is 2.62. The third kappa shape index (κ3) is 2.11. The van der Waals surface area contributed by atoms with E-state index in [4.69, 9.17) is 5.73 Å². The number of nitrogen functional groups attached to an aromatic ring is 1. The van der Waals surface area contributed by atoms with E-state index in [0.717, 1.165) is 19.0 Å². The number of rotatable bonds is 4. The molecule has 2 rings (SSSR count). The van der Waals surface area contributed by atoms with Crippen molar-refractivity contribution in [3.63, 3.8) is 0 Å². The van der Waals surface area contributed by atoms with Gasteiger partial charge < -0.3 is 15.6 Å². The van der Waals surface area contributed by atoms with Gasteiger partial charge in [-0.25, -0.2) is 4.98 Å². The van der Waals surface area contributed by atoms with E-state index < -0.39 is 0 Å². The van der Waals surface area contributed by atoms with Crippen LogP contribution in [-0.4, -0.2) is 23.1 Å². The van der Waals surface area contributed by atoms with Crippen molar-refractivity contribution in [1.82, 2.24) is 9.97 Å². The van der Waals surface area contributed by atoms with Gasteiger partial charge in [0.05, 0.1) is 6.33 Å². The Hall–Kier alpha value is -1.52. The average molecular weight is 208 g/mol. The highest BCUT2D eigenvalue weighted by Gasteiger charge is 2.25. The Balaban J connectivity index is 2.24. The first-order chi connectivity index (χ1) is 7.22. The molecule has 1 aromatic rings.